The molecule has 1 aromatic carbocycles. The highest BCUT2D eigenvalue weighted by molar-refractivity contribution is 5.81. The molecule has 0 saturated heterocycles. The molecule has 116 valence electrons. The van der Waals surface area contributed by atoms with Crippen molar-refractivity contribution in [3.63, 3.8) is 0 Å². The van der Waals surface area contributed by atoms with Crippen LogP contribution in [0.1, 0.15) is 52.6 Å². The maximum atomic E-state index is 12.4. The molecule has 2 N–H and O–H groups in total. The molecule has 0 aliphatic carbocycles. The molecule has 1 unspecified atom stereocenters. The predicted molar refractivity (Wildman–Crippen MR) is 80.6 cm³/mol. The van der Waals surface area contributed by atoms with E-state index in [1.807, 2.05) is 19.1 Å². The van der Waals surface area contributed by atoms with Gasteiger partial charge in [0.1, 0.15) is 0 Å². The van der Waals surface area contributed by atoms with Gasteiger partial charge in [-0.1, -0.05) is 33.3 Å². The average Bonchev–Trinajstić information content (AvgIpc) is 2.80. The van der Waals surface area contributed by atoms with E-state index in [4.69, 9.17) is 9.73 Å². The fourth-order valence-corrected chi connectivity index (χ4v) is 2.32. The standard InChI is InChI=1S/C15H20N2O4.H2/c1-4-5-12(14(18)16-20)17-15(19)11-7-6-10(9(2)3)8-13(11)21-17;/h6-9,12,20H,4-5H2,1-3H3,(H,16,18);1H. The molecule has 6 nitrogen and oxygen atoms in total. The summed E-state index contributed by atoms with van der Waals surface area (Å²) in [6.45, 7) is 5.99. The third kappa shape index (κ3) is 2.85. The summed E-state index contributed by atoms with van der Waals surface area (Å²) in [5.41, 5.74) is 2.75. The van der Waals surface area contributed by atoms with Gasteiger partial charge in [-0.2, -0.15) is 4.74 Å². The Morgan fingerprint density at radius 2 is 2.19 bits per heavy atom. The number of hydrogen-bond acceptors (Lipinski definition) is 4. The normalized spacial score (nSPS) is 12.8. The Morgan fingerprint density at radius 3 is 2.76 bits per heavy atom. The maximum absolute atomic E-state index is 12.4. The smallest absolute Gasteiger partial charge is 0.291 e. The monoisotopic (exact) mass is 294 g/mol. The Labute approximate surface area is 123 Å². The van der Waals surface area contributed by atoms with Crippen LogP contribution in [0.4, 0.5) is 0 Å². The number of nitrogens with one attached hydrogen (secondary N) is 1. The van der Waals surface area contributed by atoms with Gasteiger partial charge in [-0.15, -0.1) is 0 Å². The van der Waals surface area contributed by atoms with Crippen LogP contribution in [0.25, 0.3) is 11.0 Å². The minimum atomic E-state index is -0.845. The molecule has 0 spiro atoms. The molecule has 0 saturated carbocycles. The number of carbonyl (C=O) groups excluding carboxylic acids is 1. The number of nitrogens with zero attached hydrogens (tertiary/aromatic N) is 1. The predicted octanol–water partition coefficient (Wildman–Crippen LogP) is 2.81. The van der Waals surface area contributed by atoms with Gasteiger partial charge in [0.15, 0.2) is 11.6 Å². The first-order chi connectivity index (χ1) is 9.99. The summed E-state index contributed by atoms with van der Waals surface area (Å²) in [7, 11) is 0. The Bertz CT molecular complexity index is 705. The molecule has 1 atom stereocenters. The lowest BCUT2D eigenvalue weighted by atomic mass is 10.0. The Kier molecular flexibility index (Phi) is 4.47. The summed E-state index contributed by atoms with van der Waals surface area (Å²) >= 11 is 0. The van der Waals surface area contributed by atoms with Gasteiger partial charge < -0.3 is 4.52 Å². The first-order valence-corrected chi connectivity index (χ1v) is 7.09. The number of hydroxylamine groups is 1. The topological polar surface area (TPSA) is 84.5 Å². The molecule has 2 rings (SSSR count). The molecule has 0 fully saturated rings. The van der Waals surface area contributed by atoms with E-state index < -0.39 is 11.9 Å². The summed E-state index contributed by atoms with van der Waals surface area (Å²) in [4.78, 5) is 24.1. The molecule has 21 heavy (non-hydrogen) atoms. The third-order valence-corrected chi connectivity index (χ3v) is 3.56. The van der Waals surface area contributed by atoms with Gasteiger partial charge in [0, 0.05) is 1.43 Å². The highest BCUT2D eigenvalue weighted by Gasteiger charge is 2.24. The van der Waals surface area contributed by atoms with Gasteiger partial charge in [0.05, 0.1) is 5.39 Å². The van der Waals surface area contributed by atoms with E-state index in [-0.39, 0.29) is 6.99 Å². The molecule has 1 aromatic heterocycles. The summed E-state index contributed by atoms with van der Waals surface area (Å²) in [5, 5.41) is 9.26. The molecule has 0 aliphatic heterocycles. The van der Waals surface area contributed by atoms with E-state index in [1.165, 1.54) is 0 Å². The van der Waals surface area contributed by atoms with Crippen LogP contribution in [0, 0.1) is 0 Å². The van der Waals surface area contributed by atoms with Crippen molar-refractivity contribution in [3.8, 4) is 0 Å². The second kappa shape index (κ2) is 6.13. The van der Waals surface area contributed by atoms with Crippen molar-refractivity contribution < 1.29 is 16.0 Å². The molecular formula is C15H22N2O4. The first kappa shape index (κ1) is 15.3. The lowest BCUT2D eigenvalue weighted by Crippen LogP contribution is -2.34. The Morgan fingerprint density at radius 1 is 1.48 bits per heavy atom. The Balaban J connectivity index is 0.00000242. The largest absolute Gasteiger partial charge is 0.375 e. The van der Waals surface area contributed by atoms with Crippen molar-refractivity contribution in [2.45, 2.75) is 45.6 Å². The van der Waals surface area contributed by atoms with Crippen LogP contribution in [0.15, 0.2) is 27.5 Å². The van der Waals surface area contributed by atoms with Crippen LogP contribution < -0.4 is 11.0 Å². The van der Waals surface area contributed by atoms with Gasteiger partial charge in [0.2, 0.25) is 0 Å². The lowest BCUT2D eigenvalue weighted by Gasteiger charge is -2.12. The number of amides is 1. The van der Waals surface area contributed by atoms with E-state index in [0.717, 1.165) is 10.3 Å². The van der Waals surface area contributed by atoms with E-state index in [9.17, 15) is 9.59 Å². The maximum Gasteiger partial charge on any atom is 0.291 e. The number of carbonyl (C=O) groups is 1. The zero-order valence-electron chi connectivity index (χ0n) is 12.4. The molecule has 0 radical (unpaired) electrons. The summed E-state index contributed by atoms with van der Waals surface area (Å²) in [6, 6.07) is 4.57. The zero-order valence-corrected chi connectivity index (χ0v) is 12.4. The number of hydrogen-bond donors (Lipinski definition) is 2. The minimum Gasteiger partial charge on any atom is -0.375 e. The van der Waals surface area contributed by atoms with Crippen molar-refractivity contribution in [2.24, 2.45) is 0 Å². The van der Waals surface area contributed by atoms with Gasteiger partial charge in [-0.05, 0) is 30.0 Å². The van der Waals surface area contributed by atoms with Crippen molar-refractivity contribution in [1.29, 1.82) is 0 Å². The van der Waals surface area contributed by atoms with Crippen LogP contribution in [0.2, 0.25) is 0 Å². The van der Waals surface area contributed by atoms with E-state index in [0.29, 0.717) is 29.7 Å². The molecule has 0 aliphatic rings. The van der Waals surface area contributed by atoms with E-state index in [1.54, 1.807) is 11.5 Å². The fourth-order valence-electron chi connectivity index (χ4n) is 2.32. The van der Waals surface area contributed by atoms with Gasteiger partial charge in [-0.3, -0.25) is 14.8 Å². The molecule has 2 aromatic rings. The summed E-state index contributed by atoms with van der Waals surface area (Å²) < 4.78 is 6.60. The van der Waals surface area contributed by atoms with Crippen LogP contribution >= 0.6 is 0 Å². The average molecular weight is 294 g/mol. The quantitative estimate of drug-likeness (QED) is 0.656. The molecular weight excluding hydrogens is 272 g/mol. The highest BCUT2D eigenvalue weighted by Crippen LogP contribution is 2.22. The summed E-state index contributed by atoms with van der Waals surface area (Å²) in [6.07, 6.45) is 1.09. The number of aromatic nitrogens is 1. The molecule has 0 bridgehead atoms. The highest BCUT2D eigenvalue weighted by atomic mass is 16.5. The van der Waals surface area contributed by atoms with Crippen LogP contribution in [-0.2, 0) is 4.79 Å². The SMILES string of the molecule is CCCC(C(=O)NO)n1oc2cc(C(C)C)ccc2c1=O.[HH]. The first-order valence-electron chi connectivity index (χ1n) is 7.09. The van der Waals surface area contributed by atoms with Gasteiger partial charge in [0.25, 0.3) is 11.5 Å². The van der Waals surface area contributed by atoms with Crippen molar-refractivity contribution in [2.75, 3.05) is 0 Å². The van der Waals surface area contributed by atoms with Crippen molar-refractivity contribution in [3.05, 3.63) is 34.1 Å². The number of rotatable bonds is 5. The van der Waals surface area contributed by atoms with Crippen molar-refractivity contribution >= 4 is 16.9 Å². The van der Waals surface area contributed by atoms with E-state index in [2.05, 4.69) is 13.8 Å². The Hall–Kier alpha value is -2.08. The second-order valence-corrected chi connectivity index (χ2v) is 5.41. The lowest BCUT2D eigenvalue weighted by molar-refractivity contribution is -0.134. The third-order valence-electron chi connectivity index (χ3n) is 3.56. The number of fused-ring (bicyclic) bond motifs is 1. The molecule has 6 heteroatoms. The molecule has 1 amide bonds. The zero-order chi connectivity index (χ0) is 15.6. The second-order valence-electron chi connectivity index (χ2n) is 5.41. The van der Waals surface area contributed by atoms with Gasteiger partial charge in [-0.25, -0.2) is 5.48 Å². The summed E-state index contributed by atoms with van der Waals surface area (Å²) in [5.74, 6) is -0.336. The fraction of sp³-hybridized carbons (Fsp3) is 0.467. The van der Waals surface area contributed by atoms with Crippen molar-refractivity contribution in [1.82, 2.24) is 10.2 Å². The van der Waals surface area contributed by atoms with Crippen LogP contribution in [-0.4, -0.2) is 15.9 Å². The molecule has 1 heterocycles. The van der Waals surface area contributed by atoms with Crippen LogP contribution in [0.3, 0.4) is 0 Å². The van der Waals surface area contributed by atoms with Gasteiger partial charge >= 0.3 is 0 Å². The minimum absolute atomic E-state index is 0. The van der Waals surface area contributed by atoms with E-state index >= 15 is 0 Å². The number of benzene rings is 1. The van der Waals surface area contributed by atoms with Crippen LogP contribution in [0.5, 0.6) is 0 Å².